The first-order valence-corrected chi connectivity index (χ1v) is 3.75. The summed E-state index contributed by atoms with van der Waals surface area (Å²) in [5.74, 6) is 0. The minimum absolute atomic E-state index is 0.222. The molecule has 0 spiro atoms. The van der Waals surface area contributed by atoms with E-state index in [9.17, 15) is 17.6 Å². The van der Waals surface area contributed by atoms with Crippen LogP contribution in [0.25, 0.3) is 0 Å². The molecule has 0 radical (unpaired) electrons. The second-order valence-electron chi connectivity index (χ2n) is 2.55. The molecule has 0 saturated carbocycles. The second kappa shape index (κ2) is 4.48. The highest BCUT2D eigenvalue weighted by Crippen LogP contribution is 2.31. The summed E-state index contributed by atoms with van der Waals surface area (Å²) in [6.07, 6.45) is -4.58. The molecule has 72 valence electrons. The van der Waals surface area contributed by atoms with Crippen LogP contribution in [-0.4, -0.2) is 12.9 Å². The molecule has 0 rings (SSSR count). The van der Waals surface area contributed by atoms with Crippen molar-refractivity contribution in [3.8, 4) is 0 Å². The van der Waals surface area contributed by atoms with Gasteiger partial charge in [0.1, 0.15) is 0 Å². The molecule has 0 aromatic heterocycles. The van der Waals surface area contributed by atoms with Crippen LogP contribution < -0.4 is 0 Å². The smallest absolute Gasteiger partial charge is 0.251 e. The minimum atomic E-state index is -4.37. The van der Waals surface area contributed by atoms with Crippen molar-refractivity contribution in [1.29, 1.82) is 0 Å². The fraction of sp³-hybridized carbons (Fsp3) is 0.750. The Morgan fingerprint density at radius 3 is 2.00 bits per heavy atom. The van der Waals surface area contributed by atoms with Crippen LogP contribution in [0.5, 0.6) is 0 Å². The van der Waals surface area contributed by atoms with Crippen molar-refractivity contribution in [3.05, 3.63) is 11.1 Å². The molecule has 0 aromatic carbocycles. The Morgan fingerprint density at radius 1 is 1.25 bits per heavy atom. The molecule has 0 atom stereocenters. The molecule has 0 fully saturated rings. The molecule has 0 unspecified atom stereocenters. The first kappa shape index (κ1) is 11.5. The number of rotatable bonds is 3. The number of hydrogen-bond donors (Lipinski definition) is 0. The van der Waals surface area contributed by atoms with E-state index < -0.39 is 24.8 Å². The normalized spacial score (nSPS) is 14.5. The third kappa shape index (κ3) is 3.24. The average molecular weight is 184 g/mol. The van der Waals surface area contributed by atoms with Crippen molar-refractivity contribution in [2.24, 2.45) is 0 Å². The number of hydrogen-bond acceptors (Lipinski definition) is 0. The van der Waals surface area contributed by atoms with Crippen molar-refractivity contribution in [2.75, 3.05) is 6.67 Å². The predicted octanol–water partition coefficient (Wildman–Crippen LogP) is 3.63. The summed E-state index contributed by atoms with van der Waals surface area (Å²) in [6.45, 7) is 2.06. The Hall–Kier alpha value is -0.540. The predicted molar refractivity (Wildman–Crippen MR) is 39.6 cm³/mol. The number of allylic oxidation sites excluding steroid dienone is 2. The van der Waals surface area contributed by atoms with E-state index in [2.05, 4.69) is 0 Å². The fourth-order valence-electron chi connectivity index (χ4n) is 0.905. The monoisotopic (exact) mass is 184 g/mol. The molecule has 0 heterocycles. The highest BCUT2D eigenvalue weighted by atomic mass is 19.4. The quantitative estimate of drug-likeness (QED) is 0.464. The molecule has 0 saturated heterocycles. The summed E-state index contributed by atoms with van der Waals surface area (Å²) in [4.78, 5) is 0. The maximum atomic E-state index is 12.1. The van der Waals surface area contributed by atoms with Crippen LogP contribution in [0.4, 0.5) is 17.6 Å². The molecule has 0 aliphatic carbocycles. The van der Waals surface area contributed by atoms with Crippen LogP contribution in [-0.2, 0) is 0 Å². The lowest BCUT2D eigenvalue weighted by atomic mass is 10.0. The van der Waals surface area contributed by atoms with E-state index in [1.54, 1.807) is 6.92 Å². The van der Waals surface area contributed by atoms with Crippen molar-refractivity contribution in [1.82, 2.24) is 0 Å². The Labute approximate surface area is 69.3 Å². The Kier molecular flexibility index (Phi) is 4.28. The minimum Gasteiger partial charge on any atom is -0.251 e. The first-order valence-electron chi connectivity index (χ1n) is 3.75. The van der Waals surface area contributed by atoms with E-state index >= 15 is 0 Å². The fourth-order valence-corrected chi connectivity index (χ4v) is 0.905. The van der Waals surface area contributed by atoms with E-state index in [4.69, 9.17) is 0 Å². The molecule has 4 heteroatoms. The largest absolute Gasteiger partial charge is 0.412 e. The zero-order chi connectivity index (χ0) is 9.78. The van der Waals surface area contributed by atoms with Crippen LogP contribution >= 0.6 is 0 Å². The van der Waals surface area contributed by atoms with Crippen LogP contribution in [0, 0.1) is 0 Å². The number of halogens is 4. The molecular formula is C8H12F4. The zero-order valence-corrected chi connectivity index (χ0v) is 7.13. The summed E-state index contributed by atoms with van der Waals surface area (Å²) in [6, 6.07) is 0. The highest BCUT2D eigenvalue weighted by Gasteiger charge is 2.34. The summed E-state index contributed by atoms with van der Waals surface area (Å²) >= 11 is 0. The zero-order valence-electron chi connectivity index (χ0n) is 7.13. The van der Waals surface area contributed by atoms with Crippen molar-refractivity contribution in [2.45, 2.75) is 32.9 Å². The van der Waals surface area contributed by atoms with Gasteiger partial charge in [-0.05, 0) is 13.3 Å². The SMILES string of the molecule is CC/C(C)=C(\CCF)C(F)(F)F. The standard InChI is InChI=1S/C8H12F4/c1-3-6(2)7(4-5-9)8(10,11)12/h3-5H2,1-2H3/b7-6+. The van der Waals surface area contributed by atoms with Crippen LogP contribution in [0.3, 0.4) is 0 Å². The molecule has 0 amide bonds. The van der Waals surface area contributed by atoms with E-state index in [0.29, 0.717) is 6.42 Å². The summed E-state index contributed by atoms with van der Waals surface area (Å²) in [5.41, 5.74) is -0.493. The second-order valence-corrected chi connectivity index (χ2v) is 2.55. The average Bonchev–Trinajstić information content (AvgIpc) is 1.96. The lowest BCUT2D eigenvalue weighted by Crippen LogP contribution is -2.14. The van der Waals surface area contributed by atoms with Gasteiger partial charge in [-0.25, -0.2) is 0 Å². The van der Waals surface area contributed by atoms with E-state index in [-0.39, 0.29) is 5.57 Å². The molecule has 0 aromatic rings. The third-order valence-electron chi connectivity index (χ3n) is 1.73. The van der Waals surface area contributed by atoms with E-state index in [1.165, 1.54) is 6.92 Å². The molecule has 0 N–H and O–H groups in total. The molecular weight excluding hydrogens is 172 g/mol. The van der Waals surface area contributed by atoms with Crippen LogP contribution in [0.1, 0.15) is 26.7 Å². The third-order valence-corrected chi connectivity index (χ3v) is 1.73. The first-order chi connectivity index (χ1) is 5.43. The van der Waals surface area contributed by atoms with Crippen LogP contribution in [0.15, 0.2) is 11.1 Å². The van der Waals surface area contributed by atoms with Gasteiger partial charge in [0.2, 0.25) is 0 Å². The molecule has 12 heavy (non-hydrogen) atoms. The van der Waals surface area contributed by atoms with Gasteiger partial charge in [-0.1, -0.05) is 12.5 Å². The Bertz CT molecular complexity index is 166. The lowest BCUT2D eigenvalue weighted by Gasteiger charge is -2.13. The van der Waals surface area contributed by atoms with E-state index in [0.717, 1.165) is 0 Å². The van der Waals surface area contributed by atoms with Gasteiger partial charge in [0.15, 0.2) is 0 Å². The maximum Gasteiger partial charge on any atom is 0.412 e. The Balaban J connectivity index is 4.66. The van der Waals surface area contributed by atoms with Crippen molar-refractivity contribution < 1.29 is 17.6 Å². The molecule has 0 bridgehead atoms. The van der Waals surface area contributed by atoms with Gasteiger partial charge in [-0.3, -0.25) is 4.39 Å². The molecule has 0 aliphatic rings. The van der Waals surface area contributed by atoms with Crippen molar-refractivity contribution in [3.63, 3.8) is 0 Å². The van der Waals surface area contributed by atoms with Gasteiger partial charge in [-0.2, -0.15) is 13.2 Å². The molecule has 0 nitrogen and oxygen atoms in total. The lowest BCUT2D eigenvalue weighted by molar-refractivity contribution is -0.0954. The van der Waals surface area contributed by atoms with Gasteiger partial charge in [-0.15, -0.1) is 0 Å². The number of alkyl halides is 4. The topological polar surface area (TPSA) is 0 Å². The van der Waals surface area contributed by atoms with Gasteiger partial charge in [0.25, 0.3) is 0 Å². The van der Waals surface area contributed by atoms with Gasteiger partial charge in [0, 0.05) is 12.0 Å². The summed E-state index contributed by atoms with van der Waals surface area (Å²) in [7, 11) is 0. The van der Waals surface area contributed by atoms with Crippen molar-refractivity contribution >= 4 is 0 Å². The Morgan fingerprint density at radius 2 is 1.75 bits per heavy atom. The maximum absolute atomic E-state index is 12.1. The summed E-state index contributed by atoms with van der Waals surface area (Å²) in [5, 5.41) is 0. The van der Waals surface area contributed by atoms with Gasteiger partial charge < -0.3 is 0 Å². The van der Waals surface area contributed by atoms with E-state index in [1.807, 2.05) is 0 Å². The molecule has 0 aliphatic heterocycles. The summed E-state index contributed by atoms with van der Waals surface area (Å²) < 4.78 is 48.1. The van der Waals surface area contributed by atoms with Crippen LogP contribution in [0.2, 0.25) is 0 Å². The van der Waals surface area contributed by atoms with Gasteiger partial charge >= 0.3 is 6.18 Å². The highest BCUT2D eigenvalue weighted by molar-refractivity contribution is 5.16. The van der Waals surface area contributed by atoms with Gasteiger partial charge in [0.05, 0.1) is 6.67 Å².